The van der Waals surface area contributed by atoms with Crippen molar-refractivity contribution in [3.63, 3.8) is 0 Å². The van der Waals surface area contributed by atoms with Gasteiger partial charge in [-0.3, -0.25) is 4.79 Å². The highest BCUT2D eigenvalue weighted by Gasteiger charge is 2.10. The molecular formula is C12H25NO2. The first-order chi connectivity index (χ1) is 6.91. The number of rotatable bonds is 7. The van der Waals surface area contributed by atoms with Gasteiger partial charge in [0.15, 0.2) is 0 Å². The Morgan fingerprint density at radius 2 is 1.80 bits per heavy atom. The van der Waals surface area contributed by atoms with Crippen LogP contribution in [0.5, 0.6) is 0 Å². The van der Waals surface area contributed by atoms with Gasteiger partial charge < -0.3 is 10.1 Å². The second-order valence-corrected chi connectivity index (χ2v) is 4.79. The second-order valence-electron chi connectivity index (χ2n) is 4.79. The molecule has 0 aromatic rings. The first-order valence-corrected chi connectivity index (χ1v) is 5.82. The van der Waals surface area contributed by atoms with Crippen LogP contribution < -0.4 is 5.32 Å². The molecular weight excluding hydrogens is 190 g/mol. The third-order valence-corrected chi connectivity index (χ3v) is 2.02. The van der Waals surface area contributed by atoms with Crippen LogP contribution in [0, 0.1) is 5.92 Å². The van der Waals surface area contributed by atoms with Gasteiger partial charge in [0.25, 0.3) is 0 Å². The van der Waals surface area contributed by atoms with Gasteiger partial charge in [-0.15, -0.1) is 0 Å². The maximum Gasteiger partial charge on any atom is 0.222 e. The Morgan fingerprint density at radius 1 is 1.20 bits per heavy atom. The lowest BCUT2D eigenvalue weighted by Crippen LogP contribution is -2.32. The Bertz CT molecular complexity index is 178. The van der Waals surface area contributed by atoms with Crippen molar-refractivity contribution in [2.24, 2.45) is 5.92 Å². The molecule has 0 aromatic heterocycles. The van der Waals surface area contributed by atoms with Crippen molar-refractivity contribution >= 4 is 5.91 Å². The van der Waals surface area contributed by atoms with Gasteiger partial charge >= 0.3 is 0 Å². The van der Waals surface area contributed by atoms with Crippen molar-refractivity contribution < 1.29 is 9.53 Å². The van der Waals surface area contributed by atoms with Gasteiger partial charge in [0.1, 0.15) is 0 Å². The third kappa shape index (κ3) is 9.73. The first kappa shape index (κ1) is 14.4. The van der Waals surface area contributed by atoms with E-state index in [-0.39, 0.29) is 18.1 Å². The highest BCUT2D eigenvalue weighted by atomic mass is 16.5. The van der Waals surface area contributed by atoms with E-state index in [9.17, 15) is 4.79 Å². The van der Waals surface area contributed by atoms with E-state index in [1.165, 1.54) is 0 Å². The molecule has 0 heterocycles. The lowest BCUT2D eigenvalue weighted by Gasteiger charge is -2.15. The molecule has 0 aliphatic heterocycles. The van der Waals surface area contributed by atoms with E-state index in [2.05, 4.69) is 19.2 Å². The van der Waals surface area contributed by atoms with E-state index in [1.54, 1.807) is 0 Å². The maximum atomic E-state index is 11.4. The van der Waals surface area contributed by atoms with Crippen LogP contribution in [0.2, 0.25) is 0 Å². The van der Waals surface area contributed by atoms with Gasteiger partial charge in [-0.2, -0.15) is 0 Å². The van der Waals surface area contributed by atoms with Crippen molar-refractivity contribution in [2.45, 2.75) is 59.6 Å². The molecule has 1 amide bonds. The zero-order valence-corrected chi connectivity index (χ0v) is 10.7. The van der Waals surface area contributed by atoms with Crippen LogP contribution in [0.1, 0.15) is 47.5 Å². The number of amides is 1. The van der Waals surface area contributed by atoms with Crippen molar-refractivity contribution in [1.82, 2.24) is 5.32 Å². The van der Waals surface area contributed by atoms with Crippen LogP contribution in [-0.2, 0) is 9.53 Å². The minimum atomic E-state index is 0.0162. The van der Waals surface area contributed by atoms with Crippen molar-refractivity contribution in [3.05, 3.63) is 0 Å². The quantitative estimate of drug-likeness (QED) is 0.708. The fourth-order valence-corrected chi connectivity index (χ4v) is 1.21. The topological polar surface area (TPSA) is 38.3 Å². The van der Waals surface area contributed by atoms with E-state index in [4.69, 9.17) is 4.74 Å². The molecule has 0 saturated heterocycles. The van der Waals surface area contributed by atoms with Gasteiger partial charge in [0.05, 0.1) is 12.5 Å². The SMILES string of the molecule is CC(C)CCOC(C)CC(=O)NC(C)C. The molecule has 0 saturated carbocycles. The van der Waals surface area contributed by atoms with Crippen LogP contribution in [0.4, 0.5) is 0 Å². The van der Waals surface area contributed by atoms with E-state index < -0.39 is 0 Å². The minimum Gasteiger partial charge on any atom is -0.378 e. The minimum absolute atomic E-state index is 0.0162. The molecule has 90 valence electrons. The summed E-state index contributed by atoms with van der Waals surface area (Å²) >= 11 is 0. The Kier molecular flexibility index (Phi) is 7.39. The molecule has 1 atom stereocenters. The van der Waals surface area contributed by atoms with E-state index in [0.717, 1.165) is 13.0 Å². The standard InChI is InChI=1S/C12H25NO2/c1-9(2)6-7-15-11(5)8-12(14)13-10(3)4/h9-11H,6-8H2,1-5H3,(H,13,14). The largest absolute Gasteiger partial charge is 0.378 e. The molecule has 0 bridgehead atoms. The van der Waals surface area contributed by atoms with E-state index in [1.807, 2.05) is 20.8 Å². The molecule has 3 nitrogen and oxygen atoms in total. The summed E-state index contributed by atoms with van der Waals surface area (Å²) in [5.74, 6) is 0.726. The average molecular weight is 215 g/mol. The highest BCUT2D eigenvalue weighted by Crippen LogP contribution is 2.03. The predicted molar refractivity (Wildman–Crippen MR) is 62.8 cm³/mol. The average Bonchev–Trinajstić information content (AvgIpc) is 2.00. The molecule has 3 heteroatoms. The molecule has 1 unspecified atom stereocenters. The zero-order valence-electron chi connectivity index (χ0n) is 10.7. The van der Waals surface area contributed by atoms with Gasteiger partial charge in [-0.05, 0) is 33.1 Å². The predicted octanol–water partition coefficient (Wildman–Crippen LogP) is 2.35. The summed E-state index contributed by atoms with van der Waals surface area (Å²) in [6, 6.07) is 0.209. The van der Waals surface area contributed by atoms with Crippen molar-refractivity contribution in [1.29, 1.82) is 0 Å². The molecule has 0 spiro atoms. The third-order valence-electron chi connectivity index (χ3n) is 2.02. The maximum absolute atomic E-state index is 11.4. The molecule has 0 radical (unpaired) electrons. The number of carbonyl (C=O) groups excluding carboxylic acids is 1. The normalized spacial score (nSPS) is 13.3. The molecule has 0 aliphatic rings. The summed E-state index contributed by atoms with van der Waals surface area (Å²) in [7, 11) is 0. The Labute approximate surface area is 93.6 Å². The van der Waals surface area contributed by atoms with Crippen LogP contribution >= 0.6 is 0 Å². The fraction of sp³-hybridized carbons (Fsp3) is 0.917. The number of hydrogen-bond acceptors (Lipinski definition) is 2. The van der Waals surface area contributed by atoms with Gasteiger partial charge in [0.2, 0.25) is 5.91 Å². The fourth-order valence-electron chi connectivity index (χ4n) is 1.21. The number of ether oxygens (including phenoxy) is 1. The molecule has 15 heavy (non-hydrogen) atoms. The monoisotopic (exact) mass is 215 g/mol. The van der Waals surface area contributed by atoms with Crippen molar-refractivity contribution in [3.8, 4) is 0 Å². The molecule has 1 N–H and O–H groups in total. The summed E-state index contributed by atoms with van der Waals surface area (Å²) in [6.07, 6.45) is 1.52. The molecule has 0 aliphatic carbocycles. The zero-order chi connectivity index (χ0) is 11.8. The van der Waals surface area contributed by atoms with Gasteiger partial charge in [-0.1, -0.05) is 13.8 Å². The van der Waals surface area contributed by atoms with Crippen LogP contribution in [0.25, 0.3) is 0 Å². The number of carbonyl (C=O) groups is 1. The van der Waals surface area contributed by atoms with Crippen LogP contribution in [-0.4, -0.2) is 24.7 Å². The number of hydrogen-bond donors (Lipinski definition) is 1. The van der Waals surface area contributed by atoms with E-state index in [0.29, 0.717) is 12.3 Å². The van der Waals surface area contributed by atoms with Crippen molar-refractivity contribution in [2.75, 3.05) is 6.61 Å². The van der Waals surface area contributed by atoms with Gasteiger partial charge in [0, 0.05) is 12.6 Å². The highest BCUT2D eigenvalue weighted by molar-refractivity contribution is 5.76. The van der Waals surface area contributed by atoms with Crippen LogP contribution in [0.3, 0.4) is 0 Å². The summed E-state index contributed by atoms with van der Waals surface area (Å²) in [5, 5.41) is 2.85. The smallest absolute Gasteiger partial charge is 0.222 e. The molecule has 0 aromatic carbocycles. The second kappa shape index (κ2) is 7.69. The van der Waals surface area contributed by atoms with Gasteiger partial charge in [-0.25, -0.2) is 0 Å². The summed E-state index contributed by atoms with van der Waals surface area (Å²) in [6.45, 7) is 10.9. The lowest BCUT2D eigenvalue weighted by molar-refractivity contribution is -0.124. The summed E-state index contributed by atoms with van der Waals surface area (Å²) in [4.78, 5) is 11.4. The van der Waals surface area contributed by atoms with E-state index >= 15 is 0 Å². The summed E-state index contributed by atoms with van der Waals surface area (Å²) < 4.78 is 5.54. The lowest BCUT2D eigenvalue weighted by atomic mass is 10.1. The van der Waals surface area contributed by atoms with Crippen LogP contribution in [0.15, 0.2) is 0 Å². The number of nitrogens with one attached hydrogen (secondary N) is 1. The summed E-state index contributed by atoms with van der Waals surface area (Å²) in [5.41, 5.74) is 0. The Morgan fingerprint density at radius 3 is 2.27 bits per heavy atom. The molecule has 0 rings (SSSR count). The Balaban J connectivity index is 3.55. The first-order valence-electron chi connectivity index (χ1n) is 5.82. The molecule has 0 fully saturated rings. The Hall–Kier alpha value is -0.570.